The van der Waals surface area contributed by atoms with Gasteiger partial charge in [-0.05, 0) is 38.1 Å². The van der Waals surface area contributed by atoms with E-state index in [2.05, 4.69) is 16.8 Å². The van der Waals surface area contributed by atoms with Crippen molar-refractivity contribution in [3.8, 4) is 0 Å². The van der Waals surface area contributed by atoms with E-state index in [0.717, 1.165) is 12.8 Å². The highest BCUT2D eigenvalue weighted by molar-refractivity contribution is 7.09. The highest BCUT2D eigenvalue weighted by Gasteiger charge is 2.32. The van der Waals surface area contributed by atoms with Gasteiger partial charge < -0.3 is 14.8 Å². The van der Waals surface area contributed by atoms with E-state index < -0.39 is 5.79 Å². The molecule has 5 heteroatoms. The lowest BCUT2D eigenvalue weighted by molar-refractivity contribution is -0.139. The first-order chi connectivity index (χ1) is 9.05. The number of thiophene rings is 1. The summed E-state index contributed by atoms with van der Waals surface area (Å²) in [4.78, 5) is 13.0. The third kappa shape index (κ3) is 4.93. The fraction of sp³-hybridized carbons (Fsp3) is 0.643. The Morgan fingerprint density at radius 3 is 3.05 bits per heavy atom. The van der Waals surface area contributed by atoms with Gasteiger partial charge in [-0.1, -0.05) is 6.07 Å². The number of carbonyl (C=O) groups is 1. The Morgan fingerprint density at radius 1 is 1.58 bits per heavy atom. The van der Waals surface area contributed by atoms with E-state index in [1.54, 1.807) is 11.3 Å². The molecular formula is C14H21NO3S. The summed E-state index contributed by atoms with van der Waals surface area (Å²) < 4.78 is 11.1. The zero-order chi connectivity index (χ0) is 13.7. The van der Waals surface area contributed by atoms with E-state index in [9.17, 15) is 4.79 Å². The van der Waals surface area contributed by atoms with Crippen LogP contribution in [0.2, 0.25) is 0 Å². The van der Waals surface area contributed by atoms with Crippen LogP contribution in [-0.4, -0.2) is 30.9 Å². The Labute approximate surface area is 118 Å². The topological polar surface area (TPSA) is 47.6 Å². The van der Waals surface area contributed by atoms with Gasteiger partial charge >= 0.3 is 0 Å². The number of hydrogen-bond acceptors (Lipinski definition) is 4. The zero-order valence-electron chi connectivity index (χ0n) is 11.5. The smallest absolute Gasteiger partial charge is 0.220 e. The Bertz CT molecular complexity index is 403. The van der Waals surface area contributed by atoms with Gasteiger partial charge in [0.15, 0.2) is 5.79 Å². The molecule has 1 aliphatic heterocycles. The second kappa shape index (κ2) is 6.50. The molecule has 1 N–H and O–H groups in total. The molecule has 19 heavy (non-hydrogen) atoms. The molecule has 1 aromatic heterocycles. The number of hydrogen-bond donors (Lipinski definition) is 1. The lowest BCUT2D eigenvalue weighted by atomic mass is 10.2. The molecule has 4 nitrogen and oxygen atoms in total. The second-order valence-electron chi connectivity index (χ2n) is 5.19. The molecule has 106 valence electrons. The van der Waals surface area contributed by atoms with Crippen LogP contribution < -0.4 is 5.32 Å². The van der Waals surface area contributed by atoms with Crippen molar-refractivity contribution in [2.75, 3.05) is 13.2 Å². The Hall–Kier alpha value is -0.910. The summed E-state index contributed by atoms with van der Waals surface area (Å²) in [6, 6.07) is 4.15. The molecule has 0 saturated carbocycles. The summed E-state index contributed by atoms with van der Waals surface area (Å²) >= 11 is 1.74. The molecule has 1 unspecified atom stereocenters. The summed E-state index contributed by atoms with van der Waals surface area (Å²) in [5.41, 5.74) is 0. The van der Waals surface area contributed by atoms with Gasteiger partial charge in [0, 0.05) is 17.8 Å². The van der Waals surface area contributed by atoms with Crippen LogP contribution in [0.15, 0.2) is 17.5 Å². The molecule has 0 bridgehead atoms. The third-order valence-corrected chi connectivity index (χ3v) is 3.94. The van der Waals surface area contributed by atoms with Gasteiger partial charge in [0.05, 0.1) is 6.61 Å². The van der Waals surface area contributed by atoms with Crippen molar-refractivity contribution in [3.05, 3.63) is 22.4 Å². The second-order valence-corrected chi connectivity index (χ2v) is 6.22. The van der Waals surface area contributed by atoms with E-state index >= 15 is 0 Å². The van der Waals surface area contributed by atoms with Gasteiger partial charge in [-0.2, -0.15) is 0 Å². The quantitative estimate of drug-likeness (QED) is 0.871. The molecule has 1 aliphatic rings. The largest absolute Gasteiger partial charge is 0.353 e. The maximum Gasteiger partial charge on any atom is 0.220 e. The van der Waals surface area contributed by atoms with Crippen LogP contribution >= 0.6 is 11.3 Å². The number of amides is 1. The monoisotopic (exact) mass is 283 g/mol. The average molecular weight is 283 g/mol. The fourth-order valence-electron chi connectivity index (χ4n) is 2.06. The van der Waals surface area contributed by atoms with Crippen LogP contribution in [0.4, 0.5) is 0 Å². The molecule has 2 heterocycles. The average Bonchev–Trinajstić information content (AvgIpc) is 2.96. The van der Waals surface area contributed by atoms with Crippen LogP contribution in [0.25, 0.3) is 0 Å². The van der Waals surface area contributed by atoms with Gasteiger partial charge in [0.2, 0.25) is 5.91 Å². The highest BCUT2D eigenvalue weighted by atomic mass is 32.1. The minimum absolute atomic E-state index is 0.0313. The summed E-state index contributed by atoms with van der Waals surface area (Å²) in [7, 11) is 0. The van der Waals surface area contributed by atoms with E-state index in [4.69, 9.17) is 9.47 Å². The van der Waals surface area contributed by atoms with Crippen LogP contribution in [0.1, 0.15) is 31.6 Å². The van der Waals surface area contributed by atoms with Crippen LogP contribution in [-0.2, 0) is 20.7 Å². The van der Waals surface area contributed by atoms with Gasteiger partial charge in [-0.3, -0.25) is 4.79 Å². The van der Waals surface area contributed by atoms with Gasteiger partial charge in [-0.15, -0.1) is 11.3 Å². The maximum atomic E-state index is 11.7. The summed E-state index contributed by atoms with van der Waals surface area (Å²) in [6.45, 7) is 4.84. The molecule has 1 saturated heterocycles. The minimum Gasteiger partial charge on any atom is -0.353 e. The van der Waals surface area contributed by atoms with Crippen molar-refractivity contribution in [3.63, 3.8) is 0 Å². The van der Waals surface area contributed by atoms with Gasteiger partial charge in [0.25, 0.3) is 0 Å². The van der Waals surface area contributed by atoms with Crippen molar-refractivity contribution < 1.29 is 14.3 Å². The number of ether oxygens (including phenoxy) is 2. The van der Waals surface area contributed by atoms with Crippen molar-refractivity contribution in [1.82, 2.24) is 5.32 Å². The van der Waals surface area contributed by atoms with Crippen LogP contribution in [0, 0.1) is 0 Å². The Kier molecular flexibility index (Phi) is 4.96. The molecule has 1 aromatic rings. The maximum absolute atomic E-state index is 11.7. The summed E-state index contributed by atoms with van der Waals surface area (Å²) in [5.74, 6) is -0.431. The molecule has 0 radical (unpaired) electrons. The Balaban J connectivity index is 1.57. The molecule has 0 aromatic carbocycles. The predicted molar refractivity (Wildman–Crippen MR) is 75.2 cm³/mol. The first-order valence-corrected chi connectivity index (χ1v) is 7.54. The number of nitrogens with one attached hydrogen (secondary N) is 1. The molecule has 0 spiro atoms. The van der Waals surface area contributed by atoms with Gasteiger partial charge in [-0.25, -0.2) is 0 Å². The Morgan fingerprint density at radius 2 is 2.42 bits per heavy atom. The number of aryl methyl sites for hydroxylation is 1. The van der Waals surface area contributed by atoms with E-state index in [1.807, 2.05) is 19.9 Å². The van der Waals surface area contributed by atoms with Crippen molar-refractivity contribution in [2.45, 2.75) is 45.0 Å². The molecule has 2 rings (SSSR count). The zero-order valence-corrected chi connectivity index (χ0v) is 12.3. The normalized spacial score (nSPS) is 21.5. The van der Waals surface area contributed by atoms with Gasteiger partial charge in [0.1, 0.15) is 6.10 Å². The lowest BCUT2D eigenvalue weighted by Gasteiger charge is -2.17. The van der Waals surface area contributed by atoms with Crippen molar-refractivity contribution >= 4 is 17.2 Å². The highest BCUT2D eigenvalue weighted by Crippen LogP contribution is 2.21. The summed E-state index contributed by atoms with van der Waals surface area (Å²) in [5, 5.41) is 4.97. The third-order valence-electron chi connectivity index (χ3n) is 3.00. The summed E-state index contributed by atoms with van der Waals surface area (Å²) in [6.07, 6.45) is 2.40. The van der Waals surface area contributed by atoms with E-state index in [-0.39, 0.29) is 12.0 Å². The number of rotatable bonds is 6. The van der Waals surface area contributed by atoms with Crippen LogP contribution in [0.3, 0.4) is 0 Å². The first-order valence-electron chi connectivity index (χ1n) is 6.66. The first kappa shape index (κ1) is 14.5. The predicted octanol–water partition coefficient (Wildman–Crippen LogP) is 2.34. The molecular weight excluding hydrogens is 262 g/mol. The van der Waals surface area contributed by atoms with E-state index in [0.29, 0.717) is 19.6 Å². The fourth-order valence-corrected chi connectivity index (χ4v) is 2.81. The van der Waals surface area contributed by atoms with Crippen molar-refractivity contribution in [1.29, 1.82) is 0 Å². The molecule has 0 aliphatic carbocycles. The lowest BCUT2D eigenvalue weighted by Crippen LogP contribution is -2.34. The molecule has 1 fully saturated rings. The SMILES string of the molecule is CC1(C)OCC(CNC(=O)CCCc2cccs2)O1. The molecule has 1 amide bonds. The number of carbonyl (C=O) groups excluding carboxylic acids is 1. The van der Waals surface area contributed by atoms with E-state index in [1.165, 1.54) is 4.88 Å². The standard InChI is InChI=1S/C14H21NO3S/c1-14(2)17-10-11(18-14)9-15-13(16)7-3-5-12-6-4-8-19-12/h4,6,8,11H,3,5,7,9-10H2,1-2H3,(H,15,16). The van der Waals surface area contributed by atoms with Crippen molar-refractivity contribution in [2.24, 2.45) is 0 Å². The molecule has 1 atom stereocenters. The minimum atomic E-state index is -0.519. The van der Waals surface area contributed by atoms with Crippen LogP contribution in [0.5, 0.6) is 0 Å².